The second-order valence-electron chi connectivity index (χ2n) is 6.43. The molecule has 4 aromatic rings. The Balaban J connectivity index is 1.69. The van der Waals surface area contributed by atoms with Crippen LogP contribution >= 0.6 is 22.9 Å². The third kappa shape index (κ3) is 3.91. The molecule has 0 radical (unpaired) electrons. The van der Waals surface area contributed by atoms with Crippen LogP contribution in [0.3, 0.4) is 0 Å². The lowest BCUT2D eigenvalue weighted by molar-refractivity contribution is 0.600. The van der Waals surface area contributed by atoms with Gasteiger partial charge in [-0.3, -0.25) is 9.71 Å². The molecule has 6 nitrogen and oxygen atoms in total. The van der Waals surface area contributed by atoms with Gasteiger partial charge in [0.15, 0.2) is 0 Å². The van der Waals surface area contributed by atoms with Crippen molar-refractivity contribution in [3.8, 4) is 22.0 Å². The van der Waals surface area contributed by atoms with Gasteiger partial charge in [-0.15, -0.1) is 11.3 Å². The number of benzene rings is 1. The summed E-state index contributed by atoms with van der Waals surface area (Å²) >= 11 is 7.42. The first kappa shape index (κ1) is 19.6. The average molecular weight is 445 g/mol. The molecule has 0 saturated carbocycles. The van der Waals surface area contributed by atoms with Gasteiger partial charge in [0.2, 0.25) is 0 Å². The average Bonchev–Trinajstić information content (AvgIpc) is 3.29. The molecule has 0 bridgehead atoms. The lowest BCUT2D eigenvalue weighted by Gasteiger charge is -2.07. The number of aromatic nitrogens is 3. The molecular weight excluding hydrogens is 428 g/mol. The number of sulfonamides is 1. The van der Waals surface area contributed by atoms with E-state index in [9.17, 15) is 8.42 Å². The fourth-order valence-electron chi connectivity index (χ4n) is 2.93. The Morgan fingerprint density at radius 2 is 1.93 bits per heavy atom. The summed E-state index contributed by atoms with van der Waals surface area (Å²) in [6.07, 6.45) is 3.06. The Bertz CT molecular complexity index is 1260. The summed E-state index contributed by atoms with van der Waals surface area (Å²) in [5.74, 6) is 0. The summed E-state index contributed by atoms with van der Waals surface area (Å²) in [6, 6.07) is 12.4. The van der Waals surface area contributed by atoms with Crippen LogP contribution in [-0.2, 0) is 17.1 Å². The zero-order chi connectivity index (χ0) is 20.6. The summed E-state index contributed by atoms with van der Waals surface area (Å²) in [5.41, 5.74) is 3.54. The van der Waals surface area contributed by atoms with Gasteiger partial charge in [-0.05, 0) is 37.3 Å². The van der Waals surface area contributed by atoms with E-state index >= 15 is 0 Å². The zero-order valence-electron chi connectivity index (χ0n) is 15.6. The second-order valence-corrected chi connectivity index (χ2v) is 9.38. The molecule has 0 unspecified atom stereocenters. The second kappa shape index (κ2) is 7.62. The molecule has 1 aromatic carbocycles. The number of rotatable bonds is 5. The van der Waals surface area contributed by atoms with Crippen LogP contribution in [0, 0.1) is 6.92 Å². The van der Waals surface area contributed by atoms with Gasteiger partial charge in [0.25, 0.3) is 10.0 Å². The SMILES string of the molecule is Cc1c(S(=O)(=O)Nc2cccnc2)cc(-c2nc(-c3ccc(Cl)cc3)cs2)n1C. The van der Waals surface area contributed by atoms with Crippen molar-refractivity contribution < 1.29 is 8.42 Å². The van der Waals surface area contributed by atoms with E-state index in [0.29, 0.717) is 16.4 Å². The van der Waals surface area contributed by atoms with Gasteiger partial charge in [-0.2, -0.15) is 0 Å². The highest BCUT2D eigenvalue weighted by Crippen LogP contribution is 2.33. The summed E-state index contributed by atoms with van der Waals surface area (Å²) in [4.78, 5) is 8.84. The summed E-state index contributed by atoms with van der Waals surface area (Å²) < 4.78 is 30.2. The highest BCUT2D eigenvalue weighted by Gasteiger charge is 2.23. The maximum atomic E-state index is 12.9. The van der Waals surface area contributed by atoms with Crippen LogP contribution in [-0.4, -0.2) is 23.0 Å². The van der Waals surface area contributed by atoms with Crippen molar-refractivity contribution in [2.75, 3.05) is 4.72 Å². The van der Waals surface area contributed by atoms with Crippen molar-refractivity contribution in [1.82, 2.24) is 14.5 Å². The zero-order valence-corrected chi connectivity index (χ0v) is 18.0. The number of hydrogen-bond acceptors (Lipinski definition) is 5. The lowest BCUT2D eigenvalue weighted by Crippen LogP contribution is -2.13. The maximum absolute atomic E-state index is 12.9. The van der Waals surface area contributed by atoms with Crippen LogP contribution in [0.1, 0.15) is 5.69 Å². The highest BCUT2D eigenvalue weighted by atomic mass is 35.5. The predicted octanol–water partition coefficient (Wildman–Crippen LogP) is 4.97. The molecule has 0 aliphatic carbocycles. The smallest absolute Gasteiger partial charge is 0.263 e. The number of pyridine rings is 1. The minimum Gasteiger partial charge on any atom is -0.345 e. The Kier molecular flexibility index (Phi) is 5.16. The molecule has 0 amide bonds. The van der Waals surface area contributed by atoms with E-state index in [1.165, 1.54) is 17.5 Å². The first-order valence-electron chi connectivity index (χ1n) is 8.66. The Hall–Kier alpha value is -2.68. The van der Waals surface area contributed by atoms with E-state index in [2.05, 4.69) is 9.71 Å². The lowest BCUT2D eigenvalue weighted by atomic mass is 10.2. The Morgan fingerprint density at radius 1 is 1.17 bits per heavy atom. The van der Waals surface area contributed by atoms with E-state index in [4.69, 9.17) is 16.6 Å². The van der Waals surface area contributed by atoms with E-state index in [1.807, 2.05) is 41.3 Å². The van der Waals surface area contributed by atoms with Crippen molar-refractivity contribution in [2.24, 2.45) is 7.05 Å². The van der Waals surface area contributed by atoms with Gasteiger partial charge in [0, 0.05) is 34.9 Å². The molecule has 0 saturated heterocycles. The quantitative estimate of drug-likeness (QED) is 0.471. The van der Waals surface area contributed by atoms with Crippen molar-refractivity contribution >= 4 is 38.6 Å². The molecule has 3 heterocycles. The standard InChI is InChI=1S/C20H17ClN4O2S2/c1-13-19(29(26,27)24-16-4-3-9-22-11-16)10-18(25(13)2)20-23-17(12-28-20)14-5-7-15(21)8-6-14/h3-12,24H,1-2H3. The van der Waals surface area contributed by atoms with Crippen molar-refractivity contribution in [3.63, 3.8) is 0 Å². The van der Waals surface area contributed by atoms with Gasteiger partial charge in [-0.25, -0.2) is 13.4 Å². The van der Waals surface area contributed by atoms with E-state index in [0.717, 1.165) is 22.0 Å². The molecular formula is C20H17ClN4O2S2. The first-order valence-corrected chi connectivity index (χ1v) is 11.4. The molecule has 29 heavy (non-hydrogen) atoms. The molecule has 0 aliphatic rings. The number of hydrogen-bond donors (Lipinski definition) is 1. The monoisotopic (exact) mass is 444 g/mol. The summed E-state index contributed by atoms with van der Waals surface area (Å²) in [6.45, 7) is 1.77. The number of nitrogens with zero attached hydrogens (tertiary/aromatic N) is 3. The van der Waals surface area contributed by atoms with Gasteiger partial charge in [-0.1, -0.05) is 23.7 Å². The van der Waals surface area contributed by atoms with Crippen LogP contribution in [0.2, 0.25) is 5.02 Å². The normalized spacial score (nSPS) is 11.6. The minimum atomic E-state index is -3.75. The van der Waals surface area contributed by atoms with Gasteiger partial charge in [0.1, 0.15) is 9.90 Å². The fraction of sp³-hybridized carbons (Fsp3) is 0.100. The molecule has 0 spiro atoms. The van der Waals surface area contributed by atoms with Gasteiger partial charge in [0.05, 0.1) is 23.3 Å². The first-order chi connectivity index (χ1) is 13.8. The summed E-state index contributed by atoms with van der Waals surface area (Å²) in [5, 5.41) is 3.35. The minimum absolute atomic E-state index is 0.210. The molecule has 3 aromatic heterocycles. The van der Waals surface area contributed by atoms with Crippen LogP contribution in [0.25, 0.3) is 22.0 Å². The van der Waals surface area contributed by atoms with E-state index in [-0.39, 0.29) is 4.90 Å². The summed E-state index contributed by atoms with van der Waals surface area (Å²) in [7, 11) is -1.92. The number of halogens is 1. The molecule has 9 heteroatoms. The van der Waals surface area contributed by atoms with Crippen LogP contribution in [0.4, 0.5) is 5.69 Å². The van der Waals surface area contributed by atoms with Crippen LogP contribution < -0.4 is 4.72 Å². The van der Waals surface area contributed by atoms with Crippen molar-refractivity contribution in [2.45, 2.75) is 11.8 Å². The highest BCUT2D eigenvalue weighted by molar-refractivity contribution is 7.92. The van der Waals surface area contributed by atoms with E-state index < -0.39 is 10.0 Å². The number of thiazole rings is 1. The molecule has 0 fully saturated rings. The molecule has 1 N–H and O–H groups in total. The van der Waals surface area contributed by atoms with E-state index in [1.54, 1.807) is 31.3 Å². The largest absolute Gasteiger partial charge is 0.345 e. The molecule has 4 rings (SSSR count). The van der Waals surface area contributed by atoms with Gasteiger partial charge >= 0.3 is 0 Å². The molecule has 0 aliphatic heterocycles. The van der Waals surface area contributed by atoms with Crippen LogP contribution in [0.15, 0.2) is 65.1 Å². The topological polar surface area (TPSA) is 76.9 Å². The predicted molar refractivity (Wildman–Crippen MR) is 117 cm³/mol. The molecule has 148 valence electrons. The maximum Gasteiger partial charge on any atom is 0.263 e. The third-order valence-electron chi connectivity index (χ3n) is 4.56. The Morgan fingerprint density at radius 3 is 2.62 bits per heavy atom. The van der Waals surface area contributed by atoms with Crippen molar-refractivity contribution in [1.29, 1.82) is 0 Å². The third-order valence-corrected chi connectivity index (χ3v) is 7.17. The fourth-order valence-corrected chi connectivity index (χ4v) is 5.27. The number of nitrogens with one attached hydrogen (secondary N) is 1. The van der Waals surface area contributed by atoms with Gasteiger partial charge < -0.3 is 4.57 Å². The molecule has 0 atom stereocenters. The number of anilines is 1. The van der Waals surface area contributed by atoms with Crippen molar-refractivity contribution in [3.05, 3.63) is 71.0 Å². The van der Waals surface area contributed by atoms with Crippen LogP contribution in [0.5, 0.6) is 0 Å². The Labute approximate surface area is 177 Å².